The number of nitrogens with zero attached hydrogens (tertiary/aromatic N) is 6. The zero-order valence-electron chi connectivity index (χ0n) is 20.5. The molecule has 0 aromatic carbocycles. The SMILES string of the molecule is CC(=O)N(C)Cc1cccc(-c2cc3c(nc(N(C)C(=O)OC(C)(C)C)c4ncn(C)c43)[nH]2)n1. The summed E-state index contributed by atoms with van der Waals surface area (Å²) in [5.74, 6) is 0.373. The normalized spacial score (nSPS) is 11.7. The van der Waals surface area contributed by atoms with Gasteiger partial charge in [0.25, 0.3) is 0 Å². The second kappa shape index (κ2) is 8.44. The first-order chi connectivity index (χ1) is 15.9. The Hall–Kier alpha value is -3.95. The fourth-order valence-corrected chi connectivity index (χ4v) is 3.64. The van der Waals surface area contributed by atoms with E-state index in [-0.39, 0.29) is 5.91 Å². The van der Waals surface area contributed by atoms with Gasteiger partial charge in [-0.3, -0.25) is 9.69 Å². The van der Waals surface area contributed by atoms with E-state index in [1.165, 1.54) is 11.8 Å². The number of aryl methyl sites for hydroxylation is 1. The van der Waals surface area contributed by atoms with Crippen LogP contribution in [0.3, 0.4) is 0 Å². The van der Waals surface area contributed by atoms with Crippen molar-refractivity contribution in [2.24, 2.45) is 7.05 Å². The topological polar surface area (TPSA) is 109 Å². The van der Waals surface area contributed by atoms with Gasteiger partial charge in [-0.2, -0.15) is 0 Å². The molecule has 0 bridgehead atoms. The molecule has 1 N–H and O–H groups in total. The number of nitrogens with one attached hydrogen (secondary N) is 1. The van der Waals surface area contributed by atoms with E-state index in [0.717, 1.165) is 28.0 Å². The van der Waals surface area contributed by atoms with Gasteiger partial charge in [-0.05, 0) is 39.0 Å². The van der Waals surface area contributed by atoms with Crippen molar-refractivity contribution in [2.45, 2.75) is 39.8 Å². The second-order valence-electron chi connectivity index (χ2n) is 9.36. The zero-order chi connectivity index (χ0) is 24.8. The lowest BCUT2D eigenvalue weighted by Crippen LogP contribution is -2.34. The van der Waals surface area contributed by atoms with Gasteiger partial charge in [0.05, 0.1) is 35.5 Å². The summed E-state index contributed by atoms with van der Waals surface area (Å²) in [6.07, 6.45) is 1.18. The van der Waals surface area contributed by atoms with Crippen molar-refractivity contribution in [1.29, 1.82) is 0 Å². The average molecular weight is 464 g/mol. The van der Waals surface area contributed by atoms with Crippen LogP contribution in [0.1, 0.15) is 33.4 Å². The van der Waals surface area contributed by atoms with Gasteiger partial charge in [-0.25, -0.2) is 19.7 Å². The number of amides is 2. The van der Waals surface area contributed by atoms with E-state index in [9.17, 15) is 9.59 Å². The fourth-order valence-electron chi connectivity index (χ4n) is 3.64. The molecule has 2 amide bonds. The van der Waals surface area contributed by atoms with Gasteiger partial charge in [-0.15, -0.1) is 0 Å². The molecule has 4 aromatic rings. The molecule has 0 saturated carbocycles. The lowest BCUT2D eigenvalue weighted by Gasteiger charge is -2.24. The largest absolute Gasteiger partial charge is 0.443 e. The molecule has 0 aliphatic carbocycles. The number of ether oxygens (including phenoxy) is 1. The molecule has 10 nitrogen and oxygen atoms in total. The minimum atomic E-state index is -0.634. The van der Waals surface area contributed by atoms with Gasteiger partial charge >= 0.3 is 6.09 Å². The van der Waals surface area contributed by atoms with Crippen LogP contribution in [0.25, 0.3) is 33.5 Å². The number of carbonyl (C=O) groups is 2. The summed E-state index contributed by atoms with van der Waals surface area (Å²) in [7, 11) is 5.26. The number of H-pyrrole nitrogens is 1. The molecule has 0 fully saturated rings. The first kappa shape index (κ1) is 23.2. The van der Waals surface area contributed by atoms with Crippen LogP contribution in [0.5, 0.6) is 0 Å². The number of rotatable bonds is 4. The molecule has 178 valence electrons. The standard InChI is InChI=1S/C24H29N7O3/c1-14(32)29(5)12-15-9-8-10-17(26-15)18-11-16-20-19(25-13-30(20)6)22(28-21(16)27-18)31(7)23(33)34-24(2,3)4/h8-11,13H,12H2,1-7H3,(H,27,28). The number of fused-ring (bicyclic) bond motifs is 3. The third-order valence-corrected chi connectivity index (χ3v) is 5.42. The zero-order valence-corrected chi connectivity index (χ0v) is 20.5. The van der Waals surface area contributed by atoms with E-state index < -0.39 is 11.7 Å². The highest BCUT2D eigenvalue weighted by atomic mass is 16.6. The van der Waals surface area contributed by atoms with Crippen molar-refractivity contribution >= 4 is 39.9 Å². The third-order valence-electron chi connectivity index (χ3n) is 5.42. The molecule has 0 saturated heterocycles. The van der Waals surface area contributed by atoms with Gasteiger partial charge in [-0.1, -0.05) is 6.07 Å². The first-order valence-corrected chi connectivity index (χ1v) is 10.9. The number of aromatic nitrogens is 5. The molecule has 10 heteroatoms. The summed E-state index contributed by atoms with van der Waals surface area (Å²) in [5.41, 5.74) is 3.68. The molecular weight excluding hydrogens is 434 g/mol. The van der Waals surface area contributed by atoms with E-state index in [2.05, 4.69) is 9.97 Å². The molecule has 34 heavy (non-hydrogen) atoms. The molecule has 0 spiro atoms. The van der Waals surface area contributed by atoms with Crippen molar-refractivity contribution in [3.8, 4) is 11.4 Å². The molecule has 0 atom stereocenters. The van der Waals surface area contributed by atoms with Gasteiger partial charge in [0.15, 0.2) is 5.82 Å². The molecule has 0 aliphatic heterocycles. The number of hydrogen-bond donors (Lipinski definition) is 1. The highest BCUT2D eigenvalue weighted by Crippen LogP contribution is 2.33. The summed E-state index contributed by atoms with van der Waals surface area (Å²) >= 11 is 0. The number of imidazole rings is 1. The minimum Gasteiger partial charge on any atom is -0.443 e. The quantitative estimate of drug-likeness (QED) is 0.492. The number of anilines is 1. The molecule has 4 aromatic heterocycles. The van der Waals surface area contributed by atoms with Gasteiger partial charge in [0, 0.05) is 33.5 Å². The molecule has 0 radical (unpaired) electrons. The molecule has 4 rings (SSSR count). The minimum absolute atomic E-state index is 0.0257. The Morgan fingerprint density at radius 3 is 2.59 bits per heavy atom. The summed E-state index contributed by atoms with van der Waals surface area (Å²) < 4.78 is 7.42. The maximum absolute atomic E-state index is 12.7. The van der Waals surface area contributed by atoms with Gasteiger partial charge in [0.1, 0.15) is 16.8 Å². The van der Waals surface area contributed by atoms with Crippen molar-refractivity contribution in [3.05, 3.63) is 36.3 Å². The Labute approximate surface area is 197 Å². The monoisotopic (exact) mass is 463 g/mol. The Bertz CT molecular complexity index is 1400. The maximum atomic E-state index is 12.7. The van der Waals surface area contributed by atoms with Crippen molar-refractivity contribution in [2.75, 3.05) is 19.0 Å². The van der Waals surface area contributed by atoms with Crippen LogP contribution in [-0.2, 0) is 23.1 Å². The van der Waals surface area contributed by atoms with Crippen LogP contribution in [0, 0.1) is 0 Å². The van der Waals surface area contributed by atoms with Crippen molar-refractivity contribution in [1.82, 2.24) is 29.4 Å². The van der Waals surface area contributed by atoms with Crippen LogP contribution < -0.4 is 4.90 Å². The Morgan fingerprint density at radius 2 is 1.91 bits per heavy atom. The van der Waals surface area contributed by atoms with Crippen LogP contribution in [0.4, 0.5) is 10.6 Å². The van der Waals surface area contributed by atoms with E-state index in [1.54, 1.807) is 25.3 Å². The third kappa shape index (κ3) is 4.43. The molecule has 4 heterocycles. The summed E-state index contributed by atoms with van der Waals surface area (Å²) in [6, 6.07) is 7.67. The lowest BCUT2D eigenvalue weighted by molar-refractivity contribution is -0.128. The summed E-state index contributed by atoms with van der Waals surface area (Å²) in [5, 5.41) is 0.861. The first-order valence-electron chi connectivity index (χ1n) is 10.9. The number of aromatic amines is 1. The van der Waals surface area contributed by atoms with E-state index in [0.29, 0.717) is 23.5 Å². The summed E-state index contributed by atoms with van der Waals surface area (Å²) in [6.45, 7) is 7.39. The Morgan fingerprint density at radius 1 is 1.18 bits per heavy atom. The van der Waals surface area contributed by atoms with Gasteiger partial charge in [0.2, 0.25) is 5.91 Å². The average Bonchev–Trinajstić information content (AvgIpc) is 3.35. The van der Waals surface area contributed by atoms with E-state index in [1.807, 2.05) is 56.7 Å². The smallest absolute Gasteiger partial charge is 0.415 e. The van der Waals surface area contributed by atoms with Crippen LogP contribution in [0.15, 0.2) is 30.6 Å². The van der Waals surface area contributed by atoms with E-state index in [4.69, 9.17) is 14.7 Å². The molecule has 0 aliphatic rings. The van der Waals surface area contributed by atoms with E-state index >= 15 is 0 Å². The molecular formula is C24H29N7O3. The Kier molecular flexibility index (Phi) is 5.76. The fraction of sp³-hybridized carbons (Fsp3) is 0.375. The molecule has 0 unspecified atom stereocenters. The number of hydrogen-bond acceptors (Lipinski definition) is 6. The van der Waals surface area contributed by atoms with Gasteiger partial charge < -0.3 is 19.2 Å². The highest BCUT2D eigenvalue weighted by Gasteiger charge is 2.25. The highest BCUT2D eigenvalue weighted by molar-refractivity contribution is 6.09. The van der Waals surface area contributed by atoms with Crippen LogP contribution >= 0.6 is 0 Å². The number of pyridine rings is 2. The number of carbonyl (C=O) groups excluding carboxylic acids is 2. The Balaban J connectivity index is 1.79. The summed E-state index contributed by atoms with van der Waals surface area (Å²) in [4.78, 5) is 44.6. The van der Waals surface area contributed by atoms with Crippen LogP contribution in [0.2, 0.25) is 0 Å². The van der Waals surface area contributed by atoms with Crippen molar-refractivity contribution < 1.29 is 14.3 Å². The maximum Gasteiger partial charge on any atom is 0.415 e. The second-order valence-corrected chi connectivity index (χ2v) is 9.36. The van der Waals surface area contributed by atoms with Crippen LogP contribution in [-0.4, -0.2) is 61.1 Å². The lowest BCUT2D eigenvalue weighted by atomic mass is 10.2. The predicted octanol–water partition coefficient (Wildman–Crippen LogP) is 3.86. The van der Waals surface area contributed by atoms with Crippen molar-refractivity contribution in [3.63, 3.8) is 0 Å². The predicted molar refractivity (Wildman–Crippen MR) is 130 cm³/mol.